The van der Waals surface area contributed by atoms with Crippen LogP contribution in [0.5, 0.6) is 0 Å². The lowest BCUT2D eigenvalue weighted by Gasteiger charge is -2.16. The van der Waals surface area contributed by atoms with Crippen LogP contribution in [-0.4, -0.2) is 26.7 Å². The van der Waals surface area contributed by atoms with Crippen LogP contribution in [0, 0.1) is 0 Å². The maximum absolute atomic E-state index is 12.2. The molecule has 0 radical (unpaired) electrons. The molecule has 0 bridgehead atoms. The molecule has 0 saturated carbocycles. The van der Waals surface area contributed by atoms with Gasteiger partial charge in [-0.2, -0.15) is 0 Å². The second kappa shape index (κ2) is 28.0. The van der Waals surface area contributed by atoms with E-state index in [2.05, 4.69) is 144 Å². The second-order valence-electron chi connectivity index (χ2n) is 9.28. The Morgan fingerprint density at radius 1 is 0.680 bits per heavy atom. The van der Waals surface area contributed by atoms with Crippen LogP contribution in [0.15, 0.2) is 118 Å². The summed E-state index contributed by atoms with van der Waals surface area (Å²) in [6.07, 6.45) is 5.40. The average molecular weight is 1130 g/mol. The number of carbonyl (C=O) groups is 1. The number of hydrogen-bond donors (Lipinski definition) is 0. The molecule has 0 aliphatic heterocycles. The SMILES string of the molecule is BrCc1ccc(Br)cc1.Brc1ccc(/C=C/c2ccc(Br)s2)cc1.CCOP(=O)(Cc1ccc(Br)cc1)OCC.O=Cc1ccc(Br)s1.[2H]CF. The number of aldehydes is 1. The van der Waals surface area contributed by atoms with Gasteiger partial charge in [0, 0.05) is 23.6 Å². The number of rotatable bonds is 10. The topological polar surface area (TPSA) is 52.6 Å². The number of halogens is 7. The standard InChI is InChI=1S/C12H8Br2S.C11H16BrO3P.C7H6Br2.C5H3BrOS.CH3F/c13-10-4-1-9(2-5-10)3-6-11-7-8-12(14)15-11;1-3-14-16(13,15-4-2)9-10-5-7-11(12)8-6-10;8-5-6-1-3-7(9)4-2-6;6-5-2-1-4(3-7)8-5;1-2/h1-8H;5-8H,3-4,9H2,1-2H3;1-4H,5H2;1-3H;1H3/b6-3+;;;;/i;;;;1D. The zero-order chi connectivity index (χ0) is 38.1. The van der Waals surface area contributed by atoms with Gasteiger partial charge in [0.15, 0.2) is 6.29 Å². The Bertz CT molecular complexity index is 1730. The molecule has 14 heteroatoms. The Morgan fingerprint density at radius 3 is 1.46 bits per heavy atom. The highest BCUT2D eigenvalue weighted by Gasteiger charge is 2.23. The van der Waals surface area contributed by atoms with Crippen molar-refractivity contribution in [1.29, 1.82) is 0 Å². The molecule has 0 fully saturated rings. The highest BCUT2D eigenvalue weighted by atomic mass is 79.9. The molecule has 2 heterocycles. The van der Waals surface area contributed by atoms with Gasteiger partial charge in [0.25, 0.3) is 0 Å². The van der Waals surface area contributed by atoms with Gasteiger partial charge in [-0.1, -0.05) is 106 Å². The third-order valence-electron chi connectivity index (χ3n) is 5.62. The van der Waals surface area contributed by atoms with Crippen molar-refractivity contribution >= 4 is 144 Å². The van der Waals surface area contributed by atoms with E-state index in [1.165, 1.54) is 27.3 Å². The maximum Gasteiger partial charge on any atom is 0.335 e. The van der Waals surface area contributed by atoms with E-state index in [-0.39, 0.29) is 0 Å². The van der Waals surface area contributed by atoms with Crippen molar-refractivity contribution in [2.75, 3.05) is 20.4 Å². The summed E-state index contributed by atoms with van der Waals surface area (Å²) in [5, 5.41) is 0.931. The molecule has 0 N–H and O–H groups in total. The molecule has 0 spiro atoms. The minimum Gasteiger partial charge on any atom is -0.309 e. The zero-order valence-electron chi connectivity index (χ0n) is 28.0. The fourth-order valence-electron chi connectivity index (χ4n) is 3.47. The summed E-state index contributed by atoms with van der Waals surface area (Å²) >= 11 is 23.3. The van der Waals surface area contributed by atoms with Crippen molar-refractivity contribution in [3.63, 3.8) is 0 Å². The van der Waals surface area contributed by atoms with Gasteiger partial charge in [0.2, 0.25) is 0 Å². The molecule has 5 rings (SSSR count). The lowest BCUT2D eigenvalue weighted by molar-refractivity contribution is 0.112. The molecular formula is C36H36Br6FO4PS2. The van der Waals surface area contributed by atoms with Gasteiger partial charge >= 0.3 is 7.60 Å². The number of thiophene rings is 2. The van der Waals surface area contributed by atoms with Crippen LogP contribution in [0.25, 0.3) is 12.2 Å². The van der Waals surface area contributed by atoms with Crippen molar-refractivity contribution in [3.8, 4) is 0 Å². The molecule has 0 unspecified atom stereocenters. The van der Waals surface area contributed by atoms with Gasteiger partial charge in [-0.25, -0.2) is 0 Å². The van der Waals surface area contributed by atoms with Crippen LogP contribution in [0.4, 0.5) is 4.39 Å². The van der Waals surface area contributed by atoms with Crippen molar-refractivity contribution in [1.82, 2.24) is 0 Å². The third-order valence-corrected chi connectivity index (χ3v) is 13.0. The van der Waals surface area contributed by atoms with Crippen LogP contribution in [-0.2, 0) is 25.1 Å². The Balaban J connectivity index is 0.000000343. The maximum atomic E-state index is 12.2. The predicted octanol–water partition coefficient (Wildman–Crippen LogP) is 15.9. The predicted molar refractivity (Wildman–Crippen MR) is 235 cm³/mol. The molecule has 0 amide bonds. The molecule has 50 heavy (non-hydrogen) atoms. The quantitative estimate of drug-likeness (QED) is 0.0794. The molecule has 0 aliphatic carbocycles. The smallest absolute Gasteiger partial charge is 0.309 e. The first-order chi connectivity index (χ1) is 24.4. The molecule has 3 aromatic carbocycles. The van der Waals surface area contributed by atoms with Crippen molar-refractivity contribution in [2.24, 2.45) is 0 Å². The first kappa shape index (κ1) is 45.6. The van der Waals surface area contributed by atoms with E-state index in [1.807, 2.05) is 68.4 Å². The first-order valence-corrected chi connectivity index (χ1v) is 23.0. The van der Waals surface area contributed by atoms with E-state index in [1.54, 1.807) is 17.4 Å². The molecule has 270 valence electrons. The lowest BCUT2D eigenvalue weighted by atomic mass is 10.2. The van der Waals surface area contributed by atoms with Crippen LogP contribution >= 0.6 is 126 Å². The van der Waals surface area contributed by atoms with Gasteiger partial charge in [-0.05, 0) is 129 Å². The molecule has 5 aromatic rings. The molecule has 0 atom stereocenters. The van der Waals surface area contributed by atoms with Crippen LogP contribution in [0.2, 0.25) is 0 Å². The van der Waals surface area contributed by atoms with Gasteiger partial charge in [0.1, 0.15) is 0 Å². The minimum absolute atomic E-state index is 0.321. The summed E-state index contributed by atoms with van der Waals surface area (Å²) < 4.78 is 43.6. The lowest BCUT2D eigenvalue weighted by Crippen LogP contribution is -1.98. The van der Waals surface area contributed by atoms with Gasteiger partial charge in [-0.3, -0.25) is 13.8 Å². The Kier molecular flexibility index (Phi) is 25.5. The zero-order valence-corrected chi connectivity index (χ0v) is 39.1. The fourth-order valence-corrected chi connectivity index (χ4v) is 8.90. The highest BCUT2D eigenvalue weighted by molar-refractivity contribution is 9.11. The Morgan fingerprint density at radius 2 is 1.10 bits per heavy atom. The van der Waals surface area contributed by atoms with Crippen LogP contribution < -0.4 is 0 Å². The molecule has 0 saturated heterocycles. The summed E-state index contributed by atoms with van der Waals surface area (Å²) in [6.45, 7) is 4.42. The molecule has 4 nitrogen and oxygen atoms in total. The van der Waals surface area contributed by atoms with E-state index in [0.29, 0.717) is 19.4 Å². The number of carbonyl (C=O) groups excluding carboxylic acids is 1. The number of alkyl halides is 2. The minimum atomic E-state index is -2.97. The summed E-state index contributed by atoms with van der Waals surface area (Å²) in [4.78, 5) is 12.0. The van der Waals surface area contributed by atoms with Gasteiger partial charge in [0.05, 0.1) is 40.3 Å². The van der Waals surface area contributed by atoms with E-state index >= 15 is 0 Å². The van der Waals surface area contributed by atoms with Gasteiger partial charge in [-0.15, -0.1) is 22.7 Å². The summed E-state index contributed by atoms with van der Waals surface area (Å²) in [6, 6.07) is 32.0. The van der Waals surface area contributed by atoms with Crippen LogP contribution in [0.3, 0.4) is 0 Å². The van der Waals surface area contributed by atoms with Crippen LogP contribution in [0.1, 0.15) is 46.5 Å². The molecule has 2 aromatic heterocycles. The fraction of sp³-hybridized carbons (Fsp3) is 0.194. The monoisotopic (exact) mass is 1120 g/mol. The highest BCUT2D eigenvalue weighted by Crippen LogP contribution is 2.51. The molecule has 0 aliphatic rings. The molecular weight excluding hydrogens is 1090 g/mol. The summed E-state index contributed by atoms with van der Waals surface area (Å²) in [5.41, 5.74) is 3.47. The van der Waals surface area contributed by atoms with E-state index in [0.717, 1.165) is 43.0 Å². The summed E-state index contributed by atoms with van der Waals surface area (Å²) in [7, 11) is -3.97. The third kappa shape index (κ3) is 21.2. The largest absolute Gasteiger partial charge is 0.335 e. The average Bonchev–Trinajstić information content (AvgIpc) is 3.74. The van der Waals surface area contributed by atoms with Gasteiger partial charge < -0.3 is 9.05 Å². The van der Waals surface area contributed by atoms with E-state index < -0.39 is 14.7 Å². The first-order valence-electron chi connectivity index (χ1n) is 15.3. The van der Waals surface area contributed by atoms with Crippen molar-refractivity contribution in [2.45, 2.75) is 25.3 Å². The Hall–Kier alpha value is -0.570. The second-order valence-corrected chi connectivity index (χ2v) is 19.6. The van der Waals surface area contributed by atoms with E-state index in [4.69, 9.17) is 10.4 Å². The number of hydrogen-bond acceptors (Lipinski definition) is 6. The Labute approximate surface area is 355 Å². The van der Waals surface area contributed by atoms with Crippen molar-refractivity contribution < 1.29 is 24.2 Å². The summed E-state index contributed by atoms with van der Waals surface area (Å²) in [5.74, 6) is 0. The normalized spacial score (nSPS) is 10.6. The number of benzene rings is 3. The van der Waals surface area contributed by atoms with Crippen molar-refractivity contribution in [3.05, 3.63) is 144 Å². The van der Waals surface area contributed by atoms with E-state index in [9.17, 15) is 13.8 Å².